The molecule has 0 radical (unpaired) electrons. The van der Waals surface area contributed by atoms with Gasteiger partial charge in [-0.1, -0.05) is 11.6 Å². The van der Waals surface area contributed by atoms with E-state index in [0.717, 1.165) is 24.3 Å². The van der Waals surface area contributed by atoms with Crippen LogP contribution in [0.2, 0.25) is 5.02 Å². The van der Waals surface area contributed by atoms with Gasteiger partial charge >= 0.3 is 0 Å². The van der Waals surface area contributed by atoms with Gasteiger partial charge in [0.1, 0.15) is 5.69 Å². The number of ether oxygens (including phenoxy) is 1. The summed E-state index contributed by atoms with van der Waals surface area (Å²) in [4.78, 5) is 19.8. The number of aliphatic hydroxyl groups is 1. The van der Waals surface area contributed by atoms with Gasteiger partial charge in [-0.25, -0.2) is 9.97 Å². The minimum atomic E-state index is -0.186. The predicted octanol–water partition coefficient (Wildman–Crippen LogP) is 2.80. The number of hydrogen-bond donors (Lipinski definition) is 2. The first-order chi connectivity index (χ1) is 11.0. The molecule has 0 amide bonds. The molecule has 1 saturated heterocycles. The number of hydrogen-bond acceptors (Lipinski definition) is 7. The summed E-state index contributed by atoms with van der Waals surface area (Å²) in [5, 5.41) is 11.0. The smallest absolute Gasteiger partial charge is 0.220 e. The zero-order valence-electron chi connectivity index (χ0n) is 12.7. The van der Waals surface area contributed by atoms with Crippen molar-refractivity contribution in [1.82, 2.24) is 9.97 Å². The van der Waals surface area contributed by atoms with Crippen LogP contribution in [-0.4, -0.2) is 40.2 Å². The Hall–Kier alpha value is -1.54. The van der Waals surface area contributed by atoms with Gasteiger partial charge in [0.2, 0.25) is 5.95 Å². The van der Waals surface area contributed by atoms with Crippen LogP contribution in [0.5, 0.6) is 0 Å². The van der Waals surface area contributed by atoms with Crippen LogP contribution in [0.4, 0.5) is 5.95 Å². The number of carbonyl (C=O) groups is 1. The van der Waals surface area contributed by atoms with E-state index in [9.17, 15) is 4.79 Å². The molecule has 23 heavy (non-hydrogen) atoms. The number of ketones is 1. The summed E-state index contributed by atoms with van der Waals surface area (Å²) in [6, 6.07) is 1.75. The number of nitrogen functional groups attached to an aromatic ring is 1. The number of nitrogens with two attached hydrogens (primary N) is 1. The van der Waals surface area contributed by atoms with Gasteiger partial charge in [0.25, 0.3) is 0 Å². The molecule has 0 aromatic carbocycles. The van der Waals surface area contributed by atoms with Crippen LogP contribution < -0.4 is 5.73 Å². The Morgan fingerprint density at radius 3 is 2.87 bits per heavy atom. The van der Waals surface area contributed by atoms with Gasteiger partial charge in [-0.05, 0) is 25.8 Å². The Labute approximate surface area is 143 Å². The fourth-order valence-corrected chi connectivity index (χ4v) is 3.12. The lowest BCUT2D eigenvalue weighted by molar-refractivity contribution is -0.00535. The van der Waals surface area contributed by atoms with Crippen molar-refractivity contribution in [3.05, 3.63) is 28.2 Å². The maximum Gasteiger partial charge on any atom is 0.220 e. The van der Waals surface area contributed by atoms with E-state index in [1.54, 1.807) is 11.4 Å². The van der Waals surface area contributed by atoms with Crippen molar-refractivity contribution in [3.63, 3.8) is 0 Å². The highest BCUT2D eigenvalue weighted by atomic mass is 35.5. The highest BCUT2D eigenvalue weighted by Gasteiger charge is 2.11. The lowest BCUT2D eigenvalue weighted by atomic mass is 10.2. The topological polar surface area (TPSA) is 98.3 Å². The van der Waals surface area contributed by atoms with Crippen molar-refractivity contribution in [2.45, 2.75) is 25.9 Å². The fourth-order valence-electron chi connectivity index (χ4n) is 1.92. The number of Topliss-reactive ketones (excluding diaryl/α,β-unsaturated/α-hetero) is 1. The second-order valence-electron chi connectivity index (χ2n) is 5.05. The summed E-state index contributed by atoms with van der Waals surface area (Å²) in [6.07, 6.45) is 3.20. The Morgan fingerprint density at radius 2 is 2.35 bits per heavy atom. The van der Waals surface area contributed by atoms with Crippen LogP contribution in [-0.2, 0) is 4.74 Å². The number of anilines is 1. The summed E-state index contributed by atoms with van der Waals surface area (Å²) >= 11 is 7.36. The molecule has 1 aliphatic heterocycles. The summed E-state index contributed by atoms with van der Waals surface area (Å²) in [5.41, 5.74) is 6.70. The molecule has 0 bridgehead atoms. The number of carbonyl (C=O) groups excluding carboxylic acids is 1. The Bertz CT molecular complexity index is 672. The van der Waals surface area contributed by atoms with Crippen LogP contribution >= 0.6 is 22.9 Å². The van der Waals surface area contributed by atoms with E-state index in [-0.39, 0.29) is 17.8 Å². The van der Waals surface area contributed by atoms with Gasteiger partial charge in [-0.15, -0.1) is 11.3 Å². The third kappa shape index (κ3) is 5.24. The molecule has 1 atom stereocenters. The second-order valence-corrected chi connectivity index (χ2v) is 6.37. The minimum absolute atomic E-state index is 0.0145. The first kappa shape index (κ1) is 17.8. The highest BCUT2D eigenvalue weighted by molar-refractivity contribution is 7.13. The molecule has 1 aliphatic rings. The van der Waals surface area contributed by atoms with E-state index < -0.39 is 0 Å². The minimum Gasteiger partial charge on any atom is -0.391 e. The molecule has 1 unspecified atom stereocenters. The average molecular weight is 356 g/mol. The fraction of sp³-hybridized carbons (Fsp3) is 0.400. The van der Waals surface area contributed by atoms with E-state index in [1.165, 1.54) is 24.5 Å². The van der Waals surface area contributed by atoms with Crippen molar-refractivity contribution in [3.8, 4) is 10.6 Å². The molecule has 0 aliphatic carbocycles. The Morgan fingerprint density at radius 1 is 1.57 bits per heavy atom. The average Bonchev–Trinajstić information content (AvgIpc) is 3.01. The zero-order chi connectivity index (χ0) is 16.8. The molecule has 0 saturated carbocycles. The third-order valence-corrected chi connectivity index (χ3v) is 4.35. The molecule has 1 fully saturated rings. The molecule has 8 heteroatoms. The summed E-state index contributed by atoms with van der Waals surface area (Å²) < 4.78 is 4.93. The quantitative estimate of drug-likeness (QED) is 0.804. The SMILES string of the molecule is CC(=O)c1csc(-c2nc(N)ncc2Cl)c1.OC1CCCOC1. The van der Waals surface area contributed by atoms with Crippen molar-refractivity contribution in [2.75, 3.05) is 18.9 Å². The van der Waals surface area contributed by atoms with Crippen LogP contribution in [0, 0.1) is 0 Å². The third-order valence-electron chi connectivity index (χ3n) is 3.14. The number of halogens is 1. The number of rotatable bonds is 2. The van der Waals surface area contributed by atoms with Crippen LogP contribution in [0.1, 0.15) is 30.1 Å². The summed E-state index contributed by atoms with van der Waals surface area (Å²) in [7, 11) is 0. The molecule has 3 heterocycles. The van der Waals surface area contributed by atoms with Crippen LogP contribution in [0.3, 0.4) is 0 Å². The van der Waals surface area contributed by atoms with Gasteiger partial charge in [0, 0.05) is 17.6 Å². The van der Waals surface area contributed by atoms with E-state index in [1.807, 2.05) is 0 Å². The van der Waals surface area contributed by atoms with E-state index in [2.05, 4.69) is 9.97 Å². The summed E-state index contributed by atoms with van der Waals surface area (Å²) in [6.45, 7) is 2.89. The maximum absolute atomic E-state index is 11.2. The lowest BCUT2D eigenvalue weighted by Crippen LogP contribution is -2.21. The van der Waals surface area contributed by atoms with E-state index in [4.69, 9.17) is 27.2 Å². The normalized spacial score (nSPS) is 17.3. The zero-order valence-corrected chi connectivity index (χ0v) is 14.2. The summed E-state index contributed by atoms with van der Waals surface area (Å²) in [5.74, 6) is 0.179. The molecular formula is C15H18ClN3O3S. The van der Waals surface area contributed by atoms with Gasteiger partial charge in [-0.3, -0.25) is 4.79 Å². The molecule has 2 aromatic heterocycles. The van der Waals surface area contributed by atoms with Gasteiger partial charge in [0.15, 0.2) is 5.78 Å². The molecule has 3 rings (SSSR count). The standard InChI is InChI=1S/C10H8ClN3OS.C5H10O2/c1-5(15)6-2-8(16-4-6)9-7(11)3-13-10(12)14-9;6-5-2-1-3-7-4-5/h2-4H,1H3,(H2,12,13,14);5-6H,1-4H2. The highest BCUT2D eigenvalue weighted by Crippen LogP contribution is 2.31. The molecule has 3 N–H and O–H groups in total. The van der Waals surface area contributed by atoms with Crippen molar-refractivity contribution in [2.24, 2.45) is 0 Å². The molecule has 124 valence electrons. The number of aromatic nitrogens is 2. The van der Waals surface area contributed by atoms with Crippen molar-refractivity contribution >= 4 is 34.7 Å². The maximum atomic E-state index is 11.2. The number of nitrogens with zero attached hydrogens (tertiary/aromatic N) is 2. The first-order valence-corrected chi connectivity index (χ1v) is 8.36. The molecule has 6 nitrogen and oxygen atoms in total. The van der Waals surface area contributed by atoms with E-state index in [0.29, 0.717) is 22.9 Å². The van der Waals surface area contributed by atoms with Crippen LogP contribution in [0.25, 0.3) is 10.6 Å². The number of thiophene rings is 1. The first-order valence-electron chi connectivity index (χ1n) is 7.11. The lowest BCUT2D eigenvalue weighted by Gasteiger charge is -2.15. The van der Waals surface area contributed by atoms with Crippen molar-refractivity contribution in [1.29, 1.82) is 0 Å². The van der Waals surface area contributed by atoms with E-state index >= 15 is 0 Å². The van der Waals surface area contributed by atoms with Gasteiger partial charge in [-0.2, -0.15) is 0 Å². The van der Waals surface area contributed by atoms with Gasteiger partial charge < -0.3 is 15.6 Å². The molecule has 0 spiro atoms. The second kappa shape index (κ2) is 8.35. The van der Waals surface area contributed by atoms with Crippen molar-refractivity contribution < 1.29 is 14.6 Å². The predicted molar refractivity (Wildman–Crippen MR) is 90.8 cm³/mol. The largest absolute Gasteiger partial charge is 0.391 e. The Balaban J connectivity index is 0.000000229. The molecular weight excluding hydrogens is 338 g/mol. The Kier molecular flexibility index (Phi) is 6.47. The van der Waals surface area contributed by atoms with Gasteiger partial charge in [0.05, 0.1) is 28.8 Å². The molecule has 2 aromatic rings. The monoisotopic (exact) mass is 355 g/mol. The number of aliphatic hydroxyl groups excluding tert-OH is 1. The van der Waals surface area contributed by atoms with Crippen LogP contribution in [0.15, 0.2) is 17.6 Å².